The normalized spacial score (nSPS) is 11.6. The van der Waals surface area contributed by atoms with E-state index >= 15 is 0 Å². The Bertz CT molecular complexity index is 1030. The van der Waals surface area contributed by atoms with Gasteiger partial charge in [-0.3, -0.25) is 9.98 Å². The minimum Gasteiger partial charge on any atom is -0.360 e. The third-order valence-corrected chi connectivity index (χ3v) is 4.66. The molecule has 0 atom stereocenters. The maximum Gasteiger partial charge on any atom is 0.0660 e. The summed E-state index contributed by atoms with van der Waals surface area (Å²) < 4.78 is 0. The highest BCUT2D eigenvalue weighted by Crippen LogP contribution is 2.30. The molecule has 0 spiro atoms. The number of H-pyrrole nitrogens is 2. The van der Waals surface area contributed by atoms with E-state index in [-0.39, 0.29) is 0 Å². The fraction of sp³-hybridized carbons (Fsp3) is 0.0833. The van der Waals surface area contributed by atoms with Crippen molar-refractivity contribution < 1.29 is 0 Å². The summed E-state index contributed by atoms with van der Waals surface area (Å²) in [6, 6.07) is 20.6. The summed E-state index contributed by atoms with van der Waals surface area (Å²) in [6.07, 6.45) is 7.49. The predicted octanol–water partition coefficient (Wildman–Crippen LogP) is 6.13. The van der Waals surface area contributed by atoms with Crippen LogP contribution in [0.2, 0.25) is 0 Å². The first kappa shape index (κ1) is 17.7. The van der Waals surface area contributed by atoms with Crippen LogP contribution in [0.4, 0.5) is 11.4 Å². The number of hydrogen-bond donors (Lipinski definition) is 2. The van der Waals surface area contributed by atoms with Crippen molar-refractivity contribution in [2.24, 2.45) is 9.98 Å². The van der Waals surface area contributed by atoms with Crippen LogP contribution < -0.4 is 0 Å². The van der Waals surface area contributed by atoms with Crippen LogP contribution in [0.5, 0.6) is 0 Å². The van der Waals surface area contributed by atoms with E-state index in [2.05, 4.69) is 70.2 Å². The largest absolute Gasteiger partial charge is 0.360 e. The molecule has 0 aliphatic rings. The Morgan fingerprint density at radius 2 is 1.11 bits per heavy atom. The van der Waals surface area contributed by atoms with Gasteiger partial charge in [0.15, 0.2) is 0 Å². The van der Waals surface area contributed by atoms with Crippen LogP contribution >= 0.6 is 0 Å². The molecule has 0 radical (unpaired) electrons. The van der Waals surface area contributed by atoms with Crippen LogP contribution in [0, 0.1) is 13.8 Å². The third kappa shape index (κ3) is 4.01. The molecule has 4 rings (SSSR count). The van der Waals surface area contributed by atoms with Gasteiger partial charge in [0.2, 0.25) is 0 Å². The number of aromatic nitrogens is 2. The van der Waals surface area contributed by atoms with E-state index in [0.29, 0.717) is 0 Å². The van der Waals surface area contributed by atoms with Gasteiger partial charge in [-0.15, -0.1) is 0 Å². The van der Waals surface area contributed by atoms with E-state index in [1.54, 1.807) is 0 Å². The molecule has 4 heteroatoms. The first-order valence-electron chi connectivity index (χ1n) is 9.26. The topological polar surface area (TPSA) is 56.3 Å². The lowest BCUT2D eigenvalue weighted by Crippen LogP contribution is -1.85. The third-order valence-electron chi connectivity index (χ3n) is 4.66. The van der Waals surface area contributed by atoms with Crippen molar-refractivity contribution in [3.8, 4) is 11.1 Å². The summed E-state index contributed by atoms with van der Waals surface area (Å²) in [7, 11) is 0. The van der Waals surface area contributed by atoms with E-state index in [1.165, 1.54) is 11.1 Å². The molecule has 0 unspecified atom stereocenters. The number of nitrogens with zero attached hydrogens (tertiary/aromatic N) is 2. The van der Waals surface area contributed by atoms with Crippen molar-refractivity contribution in [1.82, 2.24) is 9.97 Å². The Morgan fingerprint density at radius 1 is 0.643 bits per heavy atom. The Kier molecular flexibility index (Phi) is 5.02. The zero-order chi connectivity index (χ0) is 19.3. The van der Waals surface area contributed by atoms with E-state index in [0.717, 1.165) is 33.9 Å². The van der Waals surface area contributed by atoms with Gasteiger partial charge in [0.05, 0.1) is 35.2 Å². The molecule has 0 fully saturated rings. The first-order chi connectivity index (χ1) is 13.7. The van der Waals surface area contributed by atoms with Crippen LogP contribution in [0.25, 0.3) is 11.1 Å². The van der Waals surface area contributed by atoms with Gasteiger partial charge in [-0.1, -0.05) is 12.1 Å². The second kappa shape index (κ2) is 7.92. The highest BCUT2D eigenvalue weighted by atomic mass is 14.8. The van der Waals surface area contributed by atoms with Crippen molar-refractivity contribution in [2.75, 3.05) is 0 Å². The Morgan fingerprint density at radius 3 is 1.46 bits per heavy atom. The van der Waals surface area contributed by atoms with Gasteiger partial charge in [-0.25, -0.2) is 0 Å². The molecular weight excluding hydrogens is 344 g/mol. The number of rotatable bonds is 5. The quantitative estimate of drug-likeness (QED) is 0.399. The molecule has 0 amide bonds. The molecule has 0 saturated heterocycles. The van der Waals surface area contributed by atoms with Gasteiger partial charge < -0.3 is 9.97 Å². The average molecular weight is 366 g/mol. The summed E-state index contributed by atoms with van der Waals surface area (Å²) in [6.45, 7) is 4.18. The smallest absolute Gasteiger partial charge is 0.0660 e. The molecule has 28 heavy (non-hydrogen) atoms. The maximum atomic E-state index is 4.59. The molecule has 2 aromatic carbocycles. The number of hydrogen-bond acceptors (Lipinski definition) is 2. The van der Waals surface area contributed by atoms with E-state index < -0.39 is 0 Å². The van der Waals surface area contributed by atoms with Gasteiger partial charge in [-0.05, 0) is 84.6 Å². The minimum absolute atomic E-state index is 0.974. The highest BCUT2D eigenvalue weighted by molar-refractivity contribution is 5.82. The average Bonchev–Trinajstić information content (AvgIpc) is 3.40. The zero-order valence-corrected chi connectivity index (χ0v) is 16.0. The predicted molar refractivity (Wildman–Crippen MR) is 117 cm³/mol. The number of aliphatic imine (C=N–C) groups is 2. The van der Waals surface area contributed by atoms with Gasteiger partial charge >= 0.3 is 0 Å². The van der Waals surface area contributed by atoms with Crippen molar-refractivity contribution in [3.05, 3.63) is 95.6 Å². The lowest BCUT2D eigenvalue weighted by atomic mass is 10.00. The van der Waals surface area contributed by atoms with Crippen LogP contribution in [0.15, 0.2) is 83.0 Å². The second-order valence-electron chi connectivity index (χ2n) is 6.77. The molecule has 4 aromatic rings. The molecule has 4 nitrogen and oxygen atoms in total. The Hall–Kier alpha value is -3.66. The first-order valence-corrected chi connectivity index (χ1v) is 9.26. The molecule has 138 valence electrons. The van der Waals surface area contributed by atoms with Crippen LogP contribution in [0.3, 0.4) is 0 Å². The molecule has 0 bridgehead atoms. The SMILES string of the molecule is Cc1cc(-c2ccc(N=Cc3ccc[nH]3)c(C)c2)ccc1N=Cc1ccc[nH]1. The van der Waals surface area contributed by atoms with Crippen molar-refractivity contribution in [1.29, 1.82) is 0 Å². The molecule has 0 aliphatic carbocycles. The summed E-state index contributed by atoms with van der Waals surface area (Å²) in [5.41, 5.74) is 8.59. The fourth-order valence-corrected chi connectivity index (χ4v) is 3.09. The summed E-state index contributed by atoms with van der Waals surface area (Å²) in [4.78, 5) is 15.4. The molecule has 0 aliphatic heterocycles. The lowest BCUT2D eigenvalue weighted by molar-refractivity contribution is 1.35. The fourth-order valence-electron chi connectivity index (χ4n) is 3.09. The maximum absolute atomic E-state index is 4.59. The molecule has 2 N–H and O–H groups in total. The molecule has 2 aromatic heterocycles. The standard InChI is InChI=1S/C24H22N4/c1-17-13-19(7-9-23(17)27-15-21-5-3-11-25-21)20-8-10-24(18(2)14-20)28-16-22-6-4-12-26-22/h3-16,25-26H,1-2H3. The number of aromatic amines is 2. The number of nitrogens with one attached hydrogen (secondary N) is 2. The Labute approximate surface area is 164 Å². The van der Waals surface area contributed by atoms with Crippen LogP contribution in [0.1, 0.15) is 22.5 Å². The molecule has 0 saturated carbocycles. The Balaban J connectivity index is 1.55. The lowest BCUT2D eigenvalue weighted by Gasteiger charge is -2.08. The zero-order valence-electron chi connectivity index (χ0n) is 16.0. The van der Waals surface area contributed by atoms with E-state index in [9.17, 15) is 0 Å². The van der Waals surface area contributed by atoms with Gasteiger partial charge in [0, 0.05) is 12.4 Å². The van der Waals surface area contributed by atoms with Crippen molar-refractivity contribution >= 4 is 23.8 Å². The van der Waals surface area contributed by atoms with Crippen LogP contribution in [-0.2, 0) is 0 Å². The summed E-state index contributed by atoms with van der Waals surface area (Å²) in [5.74, 6) is 0. The molecule has 2 heterocycles. The van der Waals surface area contributed by atoms with Crippen molar-refractivity contribution in [3.63, 3.8) is 0 Å². The van der Waals surface area contributed by atoms with Gasteiger partial charge in [0.25, 0.3) is 0 Å². The molecular formula is C24H22N4. The number of benzene rings is 2. The monoisotopic (exact) mass is 366 g/mol. The van der Waals surface area contributed by atoms with Gasteiger partial charge in [0.1, 0.15) is 0 Å². The van der Waals surface area contributed by atoms with Crippen LogP contribution in [-0.4, -0.2) is 22.4 Å². The highest BCUT2D eigenvalue weighted by Gasteiger charge is 2.04. The van der Waals surface area contributed by atoms with E-state index in [4.69, 9.17) is 0 Å². The minimum atomic E-state index is 0.974. The van der Waals surface area contributed by atoms with Gasteiger partial charge in [-0.2, -0.15) is 0 Å². The number of aryl methyl sites for hydroxylation is 2. The summed E-state index contributed by atoms with van der Waals surface area (Å²) >= 11 is 0. The summed E-state index contributed by atoms with van der Waals surface area (Å²) in [5, 5.41) is 0. The van der Waals surface area contributed by atoms with E-state index in [1.807, 2.05) is 49.1 Å². The second-order valence-corrected chi connectivity index (χ2v) is 6.77. The van der Waals surface area contributed by atoms with Crippen molar-refractivity contribution in [2.45, 2.75) is 13.8 Å².